The second-order valence-corrected chi connectivity index (χ2v) is 6.68. The minimum absolute atomic E-state index is 0.238. The van der Waals surface area contributed by atoms with Crippen molar-refractivity contribution in [2.45, 2.75) is 37.6 Å². The van der Waals surface area contributed by atoms with Crippen LogP contribution in [-0.4, -0.2) is 29.1 Å². The number of nitrogens with two attached hydrogens (primary N) is 2. The van der Waals surface area contributed by atoms with Crippen LogP contribution in [0, 0.1) is 0 Å². The Balaban J connectivity index is 1.66. The van der Waals surface area contributed by atoms with Gasteiger partial charge < -0.3 is 16.4 Å². The van der Waals surface area contributed by atoms with Crippen LogP contribution in [0.3, 0.4) is 0 Å². The van der Waals surface area contributed by atoms with Crippen LogP contribution >= 0.6 is 0 Å². The Hall–Kier alpha value is -2.14. The van der Waals surface area contributed by atoms with Crippen LogP contribution in [0.2, 0.25) is 0 Å². The molecule has 1 aliphatic carbocycles. The average molecular weight is 309 g/mol. The molecular formula is C18H23N5. The SMILES string of the molecule is Nc1nc2c(c(N3CCC(N)C3)n1)CCC(c1ccccc1)C2. The lowest BCUT2D eigenvalue weighted by Gasteiger charge is -2.28. The Morgan fingerprint density at radius 3 is 2.65 bits per heavy atom. The Morgan fingerprint density at radius 1 is 1.09 bits per heavy atom. The Bertz CT molecular complexity index is 700. The molecule has 5 heteroatoms. The van der Waals surface area contributed by atoms with E-state index in [1.54, 1.807) is 0 Å². The van der Waals surface area contributed by atoms with Gasteiger partial charge in [0.25, 0.3) is 0 Å². The minimum atomic E-state index is 0.238. The molecule has 1 aliphatic heterocycles. The Morgan fingerprint density at radius 2 is 1.91 bits per heavy atom. The first kappa shape index (κ1) is 14.5. The molecule has 23 heavy (non-hydrogen) atoms. The van der Waals surface area contributed by atoms with Crippen LogP contribution < -0.4 is 16.4 Å². The summed E-state index contributed by atoms with van der Waals surface area (Å²) >= 11 is 0. The second-order valence-electron chi connectivity index (χ2n) is 6.68. The Kier molecular flexibility index (Phi) is 3.65. The normalized spacial score (nSPS) is 23.8. The predicted octanol–water partition coefficient (Wildman–Crippen LogP) is 1.87. The lowest BCUT2D eigenvalue weighted by atomic mass is 9.82. The fourth-order valence-corrected chi connectivity index (χ4v) is 3.87. The highest BCUT2D eigenvalue weighted by atomic mass is 15.2. The van der Waals surface area contributed by atoms with E-state index in [2.05, 4.69) is 45.2 Å². The summed E-state index contributed by atoms with van der Waals surface area (Å²) < 4.78 is 0. The van der Waals surface area contributed by atoms with Crippen LogP contribution in [0.15, 0.2) is 30.3 Å². The molecule has 1 aromatic carbocycles. The first-order valence-corrected chi connectivity index (χ1v) is 8.41. The van der Waals surface area contributed by atoms with Gasteiger partial charge in [0.05, 0.1) is 5.69 Å². The summed E-state index contributed by atoms with van der Waals surface area (Å²) in [6, 6.07) is 10.9. The van der Waals surface area contributed by atoms with Gasteiger partial charge in [-0.3, -0.25) is 0 Å². The van der Waals surface area contributed by atoms with E-state index in [1.807, 2.05) is 0 Å². The summed E-state index contributed by atoms with van der Waals surface area (Å²) in [5.74, 6) is 1.92. The lowest BCUT2D eigenvalue weighted by Crippen LogP contribution is -2.29. The van der Waals surface area contributed by atoms with Crippen LogP contribution in [0.4, 0.5) is 11.8 Å². The summed E-state index contributed by atoms with van der Waals surface area (Å²) in [7, 11) is 0. The average Bonchev–Trinajstić information content (AvgIpc) is 3.00. The van der Waals surface area contributed by atoms with Crippen molar-refractivity contribution >= 4 is 11.8 Å². The number of aromatic nitrogens is 2. The highest BCUT2D eigenvalue weighted by Gasteiger charge is 2.29. The number of rotatable bonds is 2. The van der Waals surface area contributed by atoms with Gasteiger partial charge in [-0.1, -0.05) is 30.3 Å². The number of hydrogen-bond donors (Lipinski definition) is 2. The third-order valence-corrected chi connectivity index (χ3v) is 5.07. The molecular weight excluding hydrogens is 286 g/mol. The molecule has 120 valence electrons. The van der Waals surface area contributed by atoms with Crippen LogP contribution in [0.5, 0.6) is 0 Å². The second kappa shape index (κ2) is 5.81. The fraction of sp³-hybridized carbons (Fsp3) is 0.444. The zero-order valence-corrected chi connectivity index (χ0v) is 13.3. The summed E-state index contributed by atoms with van der Waals surface area (Å²) in [5, 5.41) is 0. The predicted molar refractivity (Wildman–Crippen MR) is 92.5 cm³/mol. The van der Waals surface area contributed by atoms with Gasteiger partial charge in [0.15, 0.2) is 0 Å². The first-order chi connectivity index (χ1) is 11.2. The quantitative estimate of drug-likeness (QED) is 0.885. The summed E-state index contributed by atoms with van der Waals surface area (Å²) in [6.07, 6.45) is 4.11. The molecule has 4 rings (SSSR count). The van der Waals surface area contributed by atoms with Gasteiger partial charge in [0.1, 0.15) is 5.82 Å². The van der Waals surface area contributed by atoms with Crippen molar-refractivity contribution in [2.75, 3.05) is 23.7 Å². The van der Waals surface area contributed by atoms with E-state index in [0.29, 0.717) is 11.9 Å². The van der Waals surface area contributed by atoms with Gasteiger partial charge in [-0.25, -0.2) is 4.98 Å². The van der Waals surface area contributed by atoms with E-state index in [1.165, 1.54) is 11.1 Å². The molecule has 2 aliphatic rings. The molecule has 4 N–H and O–H groups in total. The van der Waals surface area contributed by atoms with E-state index in [-0.39, 0.29) is 6.04 Å². The third kappa shape index (κ3) is 2.77. The molecule has 0 radical (unpaired) electrons. The topological polar surface area (TPSA) is 81.1 Å². The van der Waals surface area contributed by atoms with Gasteiger partial charge in [-0.05, 0) is 37.2 Å². The number of benzene rings is 1. The zero-order chi connectivity index (χ0) is 15.8. The van der Waals surface area contributed by atoms with E-state index in [0.717, 1.165) is 50.3 Å². The van der Waals surface area contributed by atoms with Crippen molar-refractivity contribution in [3.05, 3.63) is 47.2 Å². The van der Waals surface area contributed by atoms with Gasteiger partial charge in [0, 0.05) is 24.7 Å². The molecule has 1 fully saturated rings. The highest BCUT2D eigenvalue weighted by Crippen LogP contribution is 2.36. The molecule has 0 amide bonds. The van der Waals surface area contributed by atoms with Gasteiger partial charge in [-0.15, -0.1) is 0 Å². The Labute approximate surface area is 136 Å². The fourth-order valence-electron chi connectivity index (χ4n) is 3.87. The molecule has 5 nitrogen and oxygen atoms in total. The maximum absolute atomic E-state index is 6.06. The van der Waals surface area contributed by atoms with E-state index >= 15 is 0 Å². The standard InChI is InChI=1S/C18H23N5/c19-14-8-9-23(11-14)17-15-7-6-13(12-4-2-1-3-5-12)10-16(15)21-18(20)22-17/h1-5,13-14H,6-11,19H2,(H2,20,21,22). The van der Waals surface area contributed by atoms with E-state index < -0.39 is 0 Å². The zero-order valence-electron chi connectivity index (χ0n) is 13.3. The van der Waals surface area contributed by atoms with Crippen molar-refractivity contribution in [1.29, 1.82) is 0 Å². The van der Waals surface area contributed by atoms with Gasteiger partial charge in [0.2, 0.25) is 5.95 Å². The third-order valence-electron chi connectivity index (χ3n) is 5.07. The summed E-state index contributed by atoms with van der Waals surface area (Å²) in [6.45, 7) is 1.83. The monoisotopic (exact) mass is 309 g/mol. The van der Waals surface area contributed by atoms with Crippen molar-refractivity contribution in [3.63, 3.8) is 0 Å². The van der Waals surface area contributed by atoms with E-state index in [4.69, 9.17) is 11.5 Å². The maximum atomic E-state index is 6.06. The molecule has 0 spiro atoms. The largest absolute Gasteiger partial charge is 0.368 e. The van der Waals surface area contributed by atoms with Crippen molar-refractivity contribution in [1.82, 2.24) is 9.97 Å². The van der Waals surface area contributed by atoms with Gasteiger partial charge in [-0.2, -0.15) is 4.98 Å². The lowest BCUT2D eigenvalue weighted by molar-refractivity contribution is 0.570. The summed E-state index contributed by atoms with van der Waals surface area (Å²) in [4.78, 5) is 11.4. The minimum Gasteiger partial charge on any atom is -0.368 e. The molecule has 2 heterocycles. The number of nitrogen functional groups attached to an aromatic ring is 1. The number of anilines is 2. The maximum Gasteiger partial charge on any atom is 0.222 e. The van der Waals surface area contributed by atoms with Crippen LogP contribution in [0.1, 0.15) is 35.6 Å². The van der Waals surface area contributed by atoms with Crippen molar-refractivity contribution in [2.24, 2.45) is 5.73 Å². The number of fused-ring (bicyclic) bond motifs is 1. The molecule has 0 saturated carbocycles. The smallest absolute Gasteiger partial charge is 0.222 e. The van der Waals surface area contributed by atoms with Crippen LogP contribution in [0.25, 0.3) is 0 Å². The molecule has 2 aromatic rings. The molecule has 2 atom stereocenters. The first-order valence-electron chi connectivity index (χ1n) is 8.41. The van der Waals surface area contributed by atoms with Crippen LogP contribution in [-0.2, 0) is 12.8 Å². The number of nitrogens with zero attached hydrogens (tertiary/aromatic N) is 3. The van der Waals surface area contributed by atoms with Crippen molar-refractivity contribution in [3.8, 4) is 0 Å². The summed E-state index contributed by atoms with van der Waals surface area (Å²) in [5.41, 5.74) is 15.8. The molecule has 0 bridgehead atoms. The molecule has 1 saturated heterocycles. The van der Waals surface area contributed by atoms with Gasteiger partial charge >= 0.3 is 0 Å². The van der Waals surface area contributed by atoms with E-state index in [9.17, 15) is 0 Å². The van der Waals surface area contributed by atoms with Crippen molar-refractivity contribution < 1.29 is 0 Å². The molecule has 1 aromatic heterocycles. The molecule has 2 unspecified atom stereocenters. The highest BCUT2D eigenvalue weighted by molar-refractivity contribution is 5.54. The number of hydrogen-bond acceptors (Lipinski definition) is 5.